The summed E-state index contributed by atoms with van der Waals surface area (Å²) in [7, 11) is 0. The van der Waals surface area contributed by atoms with Gasteiger partial charge in [-0.05, 0) is 6.07 Å². The lowest BCUT2D eigenvalue weighted by molar-refractivity contribution is -0.384. The molecule has 4 N–H and O–H groups in total. The number of anilines is 1. The summed E-state index contributed by atoms with van der Waals surface area (Å²) in [6, 6.07) is 4.12. The first-order chi connectivity index (χ1) is 6.65. The van der Waals surface area contributed by atoms with Crippen LogP contribution in [0.5, 0.6) is 0 Å². The predicted molar refractivity (Wildman–Crippen MR) is 53.4 cm³/mol. The van der Waals surface area contributed by atoms with Gasteiger partial charge in [-0.2, -0.15) is 0 Å². The molecule has 0 aliphatic rings. The van der Waals surface area contributed by atoms with Crippen molar-refractivity contribution in [3.63, 3.8) is 0 Å². The van der Waals surface area contributed by atoms with Crippen molar-refractivity contribution in [2.24, 2.45) is 5.73 Å². The fraction of sp³-hybridized carbons (Fsp3) is 0.111. The van der Waals surface area contributed by atoms with Crippen LogP contribution in [0.1, 0.15) is 5.56 Å². The van der Waals surface area contributed by atoms with Crippen LogP contribution in [-0.4, -0.2) is 11.5 Å². The molecule has 5 nitrogen and oxygen atoms in total. The average Bonchev–Trinajstić information content (AvgIpc) is 2.16. The lowest BCUT2D eigenvalue weighted by Crippen LogP contribution is -1.96. The highest BCUT2D eigenvalue weighted by Crippen LogP contribution is 2.18. The molecule has 72 valence electrons. The highest BCUT2D eigenvalue weighted by atomic mass is 16.6. The number of rotatable bonds is 1. The Morgan fingerprint density at radius 3 is 2.79 bits per heavy atom. The van der Waals surface area contributed by atoms with Crippen LogP contribution in [0.4, 0.5) is 11.4 Å². The van der Waals surface area contributed by atoms with Crippen LogP contribution >= 0.6 is 0 Å². The van der Waals surface area contributed by atoms with Gasteiger partial charge in [-0.3, -0.25) is 10.1 Å². The summed E-state index contributed by atoms with van der Waals surface area (Å²) in [6.07, 6.45) is 0. The first kappa shape index (κ1) is 10.0. The lowest BCUT2D eigenvalue weighted by atomic mass is 10.1. The zero-order valence-corrected chi connectivity index (χ0v) is 7.36. The van der Waals surface area contributed by atoms with Crippen molar-refractivity contribution in [1.29, 1.82) is 0 Å². The molecule has 0 aliphatic carbocycles. The fourth-order valence-electron chi connectivity index (χ4n) is 0.912. The Kier molecular flexibility index (Phi) is 3.05. The van der Waals surface area contributed by atoms with Gasteiger partial charge in [0.25, 0.3) is 5.69 Å². The number of nitrogens with two attached hydrogens (primary N) is 2. The minimum absolute atomic E-state index is 0.0273. The van der Waals surface area contributed by atoms with Crippen LogP contribution in [0.3, 0.4) is 0 Å². The van der Waals surface area contributed by atoms with Crippen molar-refractivity contribution in [2.75, 3.05) is 12.3 Å². The number of non-ortho nitro benzene ring substituents is 1. The summed E-state index contributed by atoms with van der Waals surface area (Å²) in [5, 5.41) is 10.4. The quantitative estimate of drug-likeness (QED) is 0.292. The Hall–Kier alpha value is -2.06. The van der Waals surface area contributed by atoms with E-state index in [1.54, 1.807) is 0 Å². The van der Waals surface area contributed by atoms with E-state index < -0.39 is 4.92 Å². The standard InChI is InChI=1S/C9H9N3O2/c10-5-1-2-7-6-8(12(13)14)3-4-9(7)11/h3-4,6H,5,10-11H2. The molecule has 14 heavy (non-hydrogen) atoms. The molecule has 0 heterocycles. The normalized spacial score (nSPS) is 8.93. The van der Waals surface area contributed by atoms with E-state index in [1.165, 1.54) is 18.2 Å². The Labute approximate surface area is 80.9 Å². The molecule has 0 saturated heterocycles. The first-order valence-electron chi connectivity index (χ1n) is 3.88. The molecule has 0 atom stereocenters. The SMILES string of the molecule is NCC#Cc1cc([N+](=O)[O-])ccc1N. The van der Waals surface area contributed by atoms with E-state index in [9.17, 15) is 10.1 Å². The number of nitro benzene ring substituents is 1. The third kappa shape index (κ3) is 2.21. The largest absolute Gasteiger partial charge is 0.398 e. The Morgan fingerprint density at radius 2 is 2.21 bits per heavy atom. The smallest absolute Gasteiger partial charge is 0.270 e. The molecular formula is C9H9N3O2. The van der Waals surface area contributed by atoms with E-state index in [-0.39, 0.29) is 12.2 Å². The molecule has 0 spiro atoms. The van der Waals surface area contributed by atoms with E-state index in [4.69, 9.17) is 11.5 Å². The number of hydrogen-bond donors (Lipinski definition) is 2. The number of nitrogens with zero attached hydrogens (tertiary/aromatic N) is 1. The number of benzene rings is 1. The average molecular weight is 191 g/mol. The molecule has 0 fully saturated rings. The molecule has 1 aromatic carbocycles. The molecule has 0 saturated carbocycles. The minimum atomic E-state index is -0.493. The van der Waals surface area contributed by atoms with Crippen LogP contribution in [0, 0.1) is 22.0 Å². The van der Waals surface area contributed by atoms with Crippen molar-refractivity contribution in [3.8, 4) is 11.8 Å². The van der Waals surface area contributed by atoms with E-state index in [0.717, 1.165) is 0 Å². The van der Waals surface area contributed by atoms with Gasteiger partial charge in [-0.15, -0.1) is 0 Å². The number of hydrogen-bond acceptors (Lipinski definition) is 4. The van der Waals surface area contributed by atoms with E-state index in [0.29, 0.717) is 11.3 Å². The van der Waals surface area contributed by atoms with Gasteiger partial charge in [0.05, 0.1) is 17.0 Å². The Balaban J connectivity index is 3.14. The highest BCUT2D eigenvalue weighted by molar-refractivity contribution is 5.60. The van der Waals surface area contributed by atoms with Crippen molar-refractivity contribution >= 4 is 11.4 Å². The van der Waals surface area contributed by atoms with Gasteiger partial charge in [0.2, 0.25) is 0 Å². The molecule has 0 unspecified atom stereocenters. The second-order valence-corrected chi connectivity index (χ2v) is 2.53. The highest BCUT2D eigenvalue weighted by Gasteiger charge is 2.06. The summed E-state index contributed by atoms with van der Waals surface area (Å²) >= 11 is 0. The van der Waals surface area contributed by atoms with Gasteiger partial charge in [0, 0.05) is 17.8 Å². The molecule has 0 aromatic heterocycles. The topological polar surface area (TPSA) is 95.2 Å². The molecule has 0 aliphatic heterocycles. The zero-order chi connectivity index (χ0) is 10.6. The third-order valence-corrected chi connectivity index (χ3v) is 1.57. The second kappa shape index (κ2) is 4.25. The van der Waals surface area contributed by atoms with Crippen molar-refractivity contribution < 1.29 is 4.92 Å². The van der Waals surface area contributed by atoms with Crippen molar-refractivity contribution in [1.82, 2.24) is 0 Å². The lowest BCUT2D eigenvalue weighted by Gasteiger charge is -1.97. The second-order valence-electron chi connectivity index (χ2n) is 2.53. The summed E-state index contributed by atoms with van der Waals surface area (Å²) in [4.78, 5) is 9.94. The summed E-state index contributed by atoms with van der Waals surface area (Å²) in [5.41, 5.74) is 11.6. The molecule has 1 rings (SSSR count). The van der Waals surface area contributed by atoms with Gasteiger partial charge in [-0.25, -0.2) is 0 Å². The number of nitro groups is 1. The van der Waals surface area contributed by atoms with Gasteiger partial charge >= 0.3 is 0 Å². The van der Waals surface area contributed by atoms with Crippen LogP contribution in [0.2, 0.25) is 0 Å². The van der Waals surface area contributed by atoms with Gasteiger partial charge in [-0.1, -0.05) is 11.8 Å². The van der Waals surface area contributed by atoms with Gasteiger partial charge in [0.15, 0.2) is 0 Å². The maximum Gasteiger partial charge on any atom is 0.270 e. The van der Waals surface area contributed by atoms with Crippen LogP contribution in [0.25, 0.3) is 0 Å². The monoisotopic (exact) mass is 191 g/mol. The van der Waals surface area contributed by atoms with Crippen molar-refractivity contribution in [3.05, 3.63) is 33.9 Å². The van der Waals surface area contributed by atoms with Crippen molar-refractivity contribution in [2.45, 2.75) is 0 Å². The summed E-state index contributed by atoms with van der Waals surface area (Å²) in [5.74, 6) is 5.25. The van der Waals surface area contributed by atoms with E-state index in [2.05, 4.69) is 11.8 Å². The van der Waals surface area contributed by atoms with Gasteiger partial charge in [0.1, 0.15) is 0 Å². The molecular weight excluding hydrogens is 182 g/mol. The van der Waals surface area contributed by atoms with Gasteiger partial charge < -0.3 is 11.5 Å². The molecule has 1 aromatic rings. The predicted octanol–water partition coefficient (Wildman–Crippen LogP) is 0.487. The zero-order valence-electron chi connectivity index (χ0n) is 7.36. The Morgan fingerprint density at radius 1 is 1.50 bits per heavy atom. The first-order valence-corrected chi connectivity index (χ1v) is 3.88. The maximum atomic E-state index is 10.4. The summed E-state index contributed by atoms with van der Waals surface area (Å²) < 4.78 is 0. The van der Waals surface area contributed by atoms with Crippen LogP contribution in [0.15, 0.2) is 18.2 Å². The maximum absolute atomic E-state index is 10.4. The third-order valence-electron chi connectivity index (χ3n) is 1.57. The fourth-order valence-corrected chi connectivity index (χ4v) is 0.912. The molecule has 0 amide bonds. The molecule has 0 bridgehead atoms. The Bertz CT molecular complexity index is 418. The minimum Gasteiger partial charge on any atom is -0.398 e. The van der Waals surface area contributed by atoms with E-state index in [1.807, 2.05) is 0 Å². The number of nitrogen functional groups attached to an aromatic ring is 1. The van der Waals surface area contributed by atoms with Crippen LogP contribution in [-0.2, 0) is 0 Å². The van der Waals surface area contributed by atoms with E-state index >= 15 is 0 Å². The summed E-state index contributed by atoms with van der Waals surface area (Å²) in [6.45, 7) is 0.197. The molecule has 5 heteroatoms. The molecule has 0 radical (unpaired) electrons. The van der Waals surface area contributed by atoms with Crippen LogP contribution < -0.4 is 11.5 Å².